The molecular formula is C14H15NO. The van der Waals surface area contributed by atoms with Gasteiger partial charge in [-0.1, -0.05) is 29.8 Å². The maximum absolute atomic E-state index is 9.41. The van der Waals surface area contributed by atoms with Crippen LogP contribution in [0, 0.1) is 6.92 Å². The standard InChI is InChI=1S/C14H15NO/c1-10-3-2-4-11(7-10)8-12-9-13(16)5-6-14(12)15/h2-7,9,16H,8,15H2,1H3. The first-order chi connectivity index (χ1) is 7.65. The molecule has 0 fully saturated rings. The Hall–Kier alpha value is -1.96. The van der Waals surface area contributed by atoms with Gasteiger partial charge in [0.2, 0.25) is 0 Å². The van der Waals surface area contributed by atoms with E-state index in [1.165, 1.54) is 11.1 Å². The highest BCUT2D eigenvalue weighted by atomic mass is 16.3. The molecule has 0 saturated carbocycles. The molecule has 2 heteroatoms. The van der Waals surface area contributed by atoms with Gasteiger partial charge in [0.1, 0.15) is 5.75 Å². The molecule has 0 saturated heterocycles. The average molecular weight is 213 g/mol. The Bertz CT molecular complexity index is 506. The molecule has 2 aromatic rings. The van der Waals surface area contributed by atoms with E-state index in [1.807, 2.05) is 6.07 Å². The molecule has 0 aliphatic carbocycles. The van der Waals surface area contributed by atoms with Gasteiger partial charge in [0, 0.05) is 5.69 Å². The highest BCUT2D eigenvalue weighted by Gasteiger charge is 2.02. The van der Waals surface area contributed by atoms with Crippen molar-refractivity contribution in [3.63, 3.8) is 0 Å². The molecule has 0 heterocycles. The van der Waals surface area contributed by atoms with Crippen LogP contribution in [0.15, 0.2) is 42.5 Å². The van der Waals surface area contributed by atoms with Crippen molar-refractivity contribution in [1.82, 2.24) is 0 Å². The van der Waals surface area contributed by atoms with Crippen LogP contribution in [0.5, 0.6) is 5.75 Å². The van der Waals surface area contributed by atoms with Gasteiger partial charge in [-0.3, -0.25) is 0 Å². The van der Waals surface area contributed by atoms with E-state index in [1.54, 1.807) is 18.2 Å². The van der Waals surface area contributed by atoms with Crippen LogP contribution in [0.2, 0.25) is 0 Å². The minimum Gasteiger partial charge on any atom is -0.508 e. The maximum atomic E-state index is 9.41. The van der Waals surface area contributed by atoms with Gasteiger partial charge in [0.25, 0.3) is 0 Å². The number of benzene rings is 2. The van der Waals surface area contributed by atoms with Gasteiger partial charge in [0.05, 0.1) is 0 Å². The van der Waals surface area contributed by atoms with Crippen LogP contribution in [0.3, 0.4) is 0 Å². The number of rotatable bonds is 2. The molecule has 16 heavy (non-hydrogen) atoms. The fourth-order valence-corrected chi connectivity index (χ4v) is 1.79. The molecule has 0 aromatic heterocycles. The van der Waals surface area contributed by atoms with E-state index in [4.69, 9.17) is 5.73 Å². The van der Waals surface area contributed by atoms with E-state index in [2.05, 4.69) is 25.1 Å². The predicted molar refractivity (Wildman–Crippen MR) is 66.5 cm³/mol. The minimum atomic E-state index is 0.261. The third-order valence-electron chi connectivity index (χ3n) is 2.60. The number of aryl methyl sites for hydroxylation is 1. The average Bonchev–Trinajstić information content (AvgIpc) is 2.24. The second-order valence-corrected chi connectivity index (χ2v) is 4.05. The van der Waals surface area contributed by atoms with E-state index in [0.29, 0.717) is 0 Å². The molecule has 3 N–H and O–H groups in total. The Morgan fingerprint density at radius 2 is 1.94 bits per heavy atom. The second kappa shape index (κ2) is 4.27. The first kappa shape index (κ1) is 10.6. The van der Waals surface area contributed by atoms with Crippen LogP contribution in [0.1, 0.15) is 16.7 Å². The highest BCUT2D eigenvalue weighted by molar-refractivity contribution is 5.52. The summed E-state index contributed by atoms with van der Waals surface area (Å²) in [6.45, 7) is 2.06. The number of phenolic OH excluding ortho intramolecular Hbond substituents is 1. The minimum absolute atomic E-state index is 0.261. The summed E-state index contributed by atoms with van der Waals surface area (Å²) in [7, 11) is 0. The van der Waals surface area contributed by atoms with Gasteiger partial charge >= 0.3 is 0 Å². The van der Waals surface area contributed by atoms with Crippen molar-refractivity contribution in [2.24, 2.45) is 0 Å². The lowest BCUT2D eigenvalue weighted by Crippen LogP contribution is -1.95. The van der Waals surface area contributed by atoms with Gasteiger partial charge in [0.15, 0.2) is 0 Å². The molecule has 2 aromatic carbocycles. The van der Waals surface area contributed by atoms with Crippen molar-refractivity contribution in [2.75, 3.05) is 5.73 Å². The third-order valence-corrected chi connectivity index (χ3v) is 2.60. The summed E-state index contributed by atoms with van der Waals surface area (Å²) in [4.78, 5) is 0. The van der Waals surface area contributed by atoms with E-state index < -0.39 is 0 Å². The van der Waals surface area contributed by atoms with E-state index >= 15 is 0 Å². The van der Waals surface area contributed by atoms with Crippen molar-refractivity contribution >= 4 is 5.69 Å². The highest BCUT2D eigenvalue weighted by Crippen LogP contribution is 2.21. The molecule has 0 aliphatic rings. The lowest BCUT2D eigenvalue weighted by molar-refractivity contribution is 0.475. The molecule has 0 spiro atoms. The van der Waals surface area contributed by atoms with Crippen molar-refractivity contribution in [3.05, 3.63) is 59.2 Å². The van der Waals surface area contributed by atoms with Gasteiger partial charge in [-0.05, 0) is 42.7 Å². The summed E-state index contributed by atoms with van der Waals surface area (Å²) in [6, 6.07) is 13.4. The molecule has 2 nitrogen and oxygen atoms in total. The van der Waals surface area contributed by atoms with E-state index in [9.17, 15) is 5.11 Å². The Morgan fingerprint density at radius 3 is 2.69 bits per heavy atom. The van der Waals surface area contributed by atoms with Crippen molar-refractivity contribution in [3.8, 4) is 5.75 Å². The monoisotopic (exact) mass is 213 g/mol. The fourth-order valence-electron chi connectivity index (χ4n) is 1.79. The van der Waals surface area contributed by atoms with Crippen molar-refractivity contribution in [2.45, 2.75) is 13.3 Å². The molecule has 0 atom stereocenters. The molecular weight excluding hydrogens is 198 g/mol. The van der Waals surface area contributed by atoms with E-state index in [-0.39, 0.29) is 5.75 Å². The Kier molecular flexibility index (Phi) is 2.82. The first-order valence-electron chi connectivity index (χ1n) is 5.28. The zero-order valence-electron chi connectivity index (χ0n) is 9.27. The largest absolute Gasteiger partial charge is 0.508 e. The van der Waals surface area contributed by atoms with Crippen molar-refractivity contribution in [1.29, 1.82) is 0 Å². The third kappa shape index (κ3) is 2.34. The summed E-state index contributed by atoms with van der Waals surface area (Å²) in [5, 5.41) is 9.41. The summed E-state index contributed by atoms with van der Waals surface area (Å²) in [5.74, 6) is 0.261. The SMILES string of the molecule is Cc1cccc(Cc2cc(O)ccc2N)c1. The quantitative estimate of drug-likeness (QED) is 0.595. The van der Waals surface area contributed by atoms with Gasteiger partial charge in [-0.25, -0.2) is 0 Å². The molecule has 2 rings (SSSR count). The topological polar surface area (TPSA) is 46.2 Å². The number of aromatic hydroxyl groups is 1. The van der Waals surface area contributed by atoms with Crippen molar-refractivity contribution < 1.29 is 5.11 Å². The summed E-state index contributed by atoms with van der Waals surface area (Å²) < 4.78 is 0. The van der Waals surface area contributed by atoms with Crippen LogP contribution in [-0.2, 0) is 6.42 Å². The Balaban J connectivity index is 2.30. The Morgan fingerprint density at radius 1 is 1.12 bits per heavy atom. The van der Waals surface area contributed by atoms with Gasteiger partial charge in [-0.15, -0.1) is 0 Å². The molecule has 0 amide bonds. The smallest absolute Gasteiger partial charge is 0.116 e. The van der Waals surface area contributed by atoms with Gasteiger partial charge < -0.3 is 10.8 Å². The number of hydrogen-bond donors (Lipinski definition) is 2. The number of hydrogen-bond acceptors (Lipinski definition) is 2. The zero-order valence-corrected chi connectivity index (χ0v) is 9.27. The van der Waals surface area contributed by atoms with Crippen LogP contribution in [-0.4, -0.2) is 5.11 Å². The van der Waals surface area contributed by atoms with E-state index in [0.717, 1.165) is 17.7 Å². The number of nitrogens with two attached hydrogens (primary N) is 1. The Labute approximate surface area is 95.4 Å². The lowest BCUT2D eigenvalue weighted by atomic mass is 10.0. The predicted octanol–water partition coefficient (Wildman–Crippen LogP) is 2.87. The summed E-state index contributed by atoms with van der Waals surface area (Å²) in [5.41, 5.74) is 9.99. The van der Waals surface area contributed by atoms with Crippen LogP contribution >= 0.6 is 0 Å². The van der Waals surface area contributed by atoms with Crippen LogP contribution in [0.25, 0.3) is 0 Å². The lowest BCUT2D eigenvalue weighted by Gasteiger charge is -2.07. The summed E-state index contributed by atoms with van der Waals surface area (Å²) >= 11 is 0. The second-order valence-electron chi connectivity index (χ2n) is 4.05. The van der Waals surface area contributed by atoms with Crippen LogP contribution in [0.4, 0.5) is 5.69 Å². The molecule has 0 aliphatic heterocycles. The molecule has 82 valence electrons. The molecule has 0 bridgehead atoms. The number of anilines is 1. The first-order valence-corrected chi connectivity index (χ1v) is 5.28. The normalized spacial score (nSPS) is 10.3. The molecule has 0 radical (unpaired) electrons. The number of phenols is 1. The van der Waals surface area contributed by atoms with Crippen LogP contribution < -0.4 is 5.73 Å². The van der Waals surface area contributed by atoms with Gasteiger partial charge in [-0.2, -0.15) is 0 Å². The maximum Gasteiger partial charge on any atom is 0.116 e. The number of nitrogen functional groups attached to an aromatic ring is 1. The fraction of sp³-hybridized carbons (Fsp3) is 0.143. The zero-order chi connectivity index (χ0) is 11.5. The molecule has 0 unspecified atom stereocenters. The summed E-state index contributed by atoms with van der Waals surface area (Å²) in [6.07, 6.45) is 0.752.